The van der Waals surface area contributed by atoms with E-state index in [9.17, 15) is 14.7 Å². The van der Waals surface area contributed by atoms with Gasteiger partial charge in [0.1, 0.15) is 0 Å². The maximum absolute atomic E-state index is 12.3. The van der Waals surface area contributed by atoms with Crippen molar-refractivity contribution in [3.05, 3.63) is 67.7 Å². The van der Waals surface area contributed by atoms with Crippen LogP contribution in [0.1, 0.15) is 22.0 Å². The van der Waals surface area contributed by atoms with Crippen LogP contribution in [0.4, 0.5) is 0 Å². The number of carbonyl (C=O) groups is 2. The zero-order chi connectivity index (χ0) is 15.4. The molecule has 0 unspecified atom stereocenters. The fourth-order valence-electron chi connectivity index (χ4n) is 1.81. The van der Waals surface area contributed by atoms with Gasteiger partial charge in [-0.3, -0.25) is 4.79 Å². The van der Waals surface area contributed by atoms with Gasteiger partial charge >= 0.3 is 5.97 Å². The number of benzene rings is 2. The van der Waals surface area contributed by atoms with Crippen molar-refractivity contribution in [1.29, 1.82) is 0 Å². The van der Waals surface area contributed by atoms with Crippen molar-refractivity contribution in [2.24, 2.45) is 0 Å². The van der Waals surface area contributed by atoms with Gasteiger partial charge in [-0.1, -0.05) is 46.3 Å². The van der Waals surface area contributed by atoms with E-state index in [1.807, 2.05) is 28.7 Å². The average molecular weight is 460 g/mol. The SMILES string of the molecule is O=C(N[C@H](C(=O)O)c1ccccc1)c1cc(Br)ccc1I. The van der Waals surface area contributed by atoms with Crippen molar-refractivity contribution in [2.75, 3.05) is 0 Å². The van der Waals surface area contributed by atoms with Gasteiger partial charge in [0, 0.05) is 8.04 Å². The number of hydrogen-bond acceptors (Lipinski definition) is 2. The van der Waals surface area contributed by atoms with Crippen LogP contribution in [0.3, 0.4) is 0 Å². The van der Waals surface area contributed by atoms with E-state index in [1.54, 1.807) is 42.5 Å². The van der Waals surface area contributed by atoms with Crippen molar-refractivity contribution in [2.45, 2.75) is 6.04 Å². The highest BCUT2D eigenvalue weighted by molar-refractivity contribution is 14.1. The zero-order valence-corrected chi connectivity index (χ0v) is 14.5. The van der Waals surface area contributed by atoms with Crippen LogP contribution in [0.15, 0.2) is 53.0 Å². The molecule has 0 saturated heterocycles. The molecule has 4 nitrogen and oxygen atoms in total. The molecule has 0 aliphatic heterocycles. The monoisotopic (exact) mass is 459 g/mol. The summed E-state index contributed by atoms with van der Waals surface area (Å²) in [5, 5.41) is 11.9. The van der Waals surface area contributed by atoms with Gasteiger partial charge in [-0.25, -0.2) is 4.79 Å². The Balaban J connectivity index is 2.27. The van der Waals surface area contributed by atoms with E-state index in [4.69, 9.17) is 0 Å². The molecule has 6 heteroatoms. The highest BCUT2D eigenvalue weighted by atomic mass is 127. The second-order valence-electron chi connectivity index (χ2n) is 4.28. The number of carboxylic acids is 1. The Morgan fingerprint density at radius 2 is 1.81 bits per heavy atom. The Kier molecular flexibility index (Phi) is 5.35. The minimum atomic E-state index is -1.10. The van der Waals surface area contributed by atoms with Crippen LogP contribution in [0, 0.1) is 3.57 Å². The molecule has 0 aromatic heterocycles. The van der Waals surface area contributed by atoms with Gasteiger partial charge in [0.25, 0.3) is 5.91 Å². The summed E-state index contributed by atoms with van der Waals surface area (Å²) >= 11 is 5.35. The third-order valence-corrected chi connectivity index (χ3v) is 4.26. The van der Waals surface area contributed by atoms with Crippen molar-refractivity contribution >= 4 is 50.4 Å². The van der Waals surface area contributed by atoms with E-state index >= 15 is 0 Å². The first-order valence-corrected chi connectivity index (χ1v) is 7.90. The lowest BCUT2D eigenvalue weighted by molar-refractivity contribution is -0.139. The molecule has 2 rings (SSSR count). The molecule has 1 atom stereocenters. The normalized spacial score (nSPS) is 11.7. The Hall–Kier alpha value is -1.41. The van der Waals surface area contributed by atoms with Gasteiger partial charge in [-0.2, -0.15) is 0 Å². The molecule has 0 aliphatic carbocycles. The first-order chi connectivity index (χ1) is 9.99. The van der Waals surface area contributed by atoms with Crippen LogP contribution >= 0.6 is 38.5 Å². The Bertz CT molecular complexity index is 676. The van der Waals surface area contributed by atoms with Gasteiger partial charge in [-0.15, -0.1) is 0 Å². The number of carboxylic acid groups (broad SMARTS) is 1. The molecule has 108 valence electrons. The maximum atomic E-state index is 12.3. The van der Waals surface area contributed by atoms with Crippen LogP contribution < -0.4 is 5.32 Å². The van der Waals surface area contributed by atoms with E-state index in [0.29, 0.717) is 11.1 Å². The summed E-state index contributed by atoms with van der Waals surface area (Å²) in [6, 6.07) is 12.8. The second kappa shape index (κ2) is 7.04. The van der Waals surface area contributed by atoms with Crippen LogP contribution in [0.25, 0.3) is 0 Å². The lowest BCUT2D eigenvalue weighted by atomic mass is 10.1. The molecule has 0 bridgehead atoms. The van der Waals surface area contributed by atoms with Crippen molar-refractivity contribution < 1.29 is 14.7 Å². The van der Waals surface area contributed by atoms with Crippen LogP contribution in [-0.2, 0) is 4.79 Å². The van der Waals surface area contributed by atoms with Gasteiger partial charge in [0.05, 0.1) is 5.56 Å². The van der Waals surface area contributed by atoms with Crippen molar-refractivity contribution in [3.8, 4) is 0 Å². The molecule has 0 aliphatic rings. The number of rotatable bonds is 4. The molecular weight excluding hydrogens is 449 g/mol. The lowest BCUT2D eigenvalue weighted by Crippen LogP contribution is -2.34. The molecule has 0 radical (unpaired) electrons. The highest BCUT2D eigenvalue weighted by Gasteiger charge is 2.23. The number of nitrogens with one attached hydrogen (secondary N) is 1. The molecular formula is C15H11BrINO3. The van der Waals surface area contributed by atoms with E-state index in [1.165, 1.54) is 0 Å². The third kappa shape index (κ3) is 4.04. The molecule has 0 spiro atoms. The summed E-state index contributed by atoms with van der Waals surface area (Å²) in [5.41, 5.74) is 0.968. The number of halogens is 2. The number of carbonyl (C=O) groups excluding carboxylic acids is 1. The van der Waals surface area contributed by atoms with Gasteiger partial charge in [0.2, 0.25) is 0 Å². The van der Waals surface area contributed by atoms with E-state index in [0.717, 1.165) is 8.04 Å². The maximum Gasteiger partial charge on any atom is 0.330 e. The Labute approximate surface area is 143 Å². The fraction of sp³-hybridized carbons (Fsp3) is 0.0667. The Morgan fingerprint density at radius 3 is 2.43 bits per heavy atom. The standard InChI is InChI=1S/C15H11BrINO3/c16-10-6-7-12(17)11(8-10)14(19)18-13(15(20)21)9-4-2-1-3-5-9/h1-8,13H,(H,18,19)(H,20,21)/t13-/m0/s1. The predicted molar refractivity (Wildman–Crippen MR) is 91.1 cm³/mol. The average Bonchev–Trinajstić information content (AvgIpc) is 2.47. The molecule has 21 heavy (non-hydrogen) atoms. The minimum absolute atomic E-state index is 0.419. The summed E-state index contributed by atoms with van der Waals surface area (Å²) in [6.45, 7) is 0. The van der Waals surface area contributed by atoms with Crippen molar-refractivity contribution in [3.63, 3.8) is 0 Å². The minimum Gasteiger partial charge on any atom is -0.479 e. The van der Waals surface area contributed by atoms with Crippen LogP contribution in [-0.4, -0.2) is 17.0 Å². The first kappa shape index (κ1) is 16.0. The summed E-state index contributed by atoms with van der Waals surface area (Å²) in [6.07, 6.45) is 0. The van der Waals surface area contributed by atoms with Crippen molar-refractivity contribution in [1.82, 2.24) is 5.32 Å². The smallest absolute Gasteiger partial charge is 0.330 e. The first-order valence-electron chi connectivity index (χ1n) is 6.02. The molecule has 2 N–H and O–H groups in total. The third-order valence-electron chi connectivity index (χ3n) is 2.83. The summed E-state index contributed by atoms with van der Waals surface area (Å²) in [5.74, 6) is -1.52. The van der Waals surface area contributed by atoms with E-state index < -0.39 is 17.9 Å². The largest absolute Gasteiger partial charge is 0.479 e. The van der Waals surface area contributed by atoms with Gasteiger partial charge in [-0.05, 0) is 46.4 Å². The number of amides is 1. The lowest BCUT2D eigenvalue weighted by Gasteiger charge is -2.15. The molecule has 0 heterocycles. The summed E-state index contributed by atoms with van der Waals surface area (Å²) < 4.78 is 1.52. The van der Waals surface area contributed by atoms with Crippen LogP contribution in [0.2, 0.25) is 0 Å². The quantitative estimate of drug-likeness (QED) is 0.686. The van der Waals surface area contributed by atoms with E-state index in [2.05, 4.69) is 21.2 Å². The molecule has 1 amide bonds. The molecule has 2 aromatic rings. The van der Waals surface area contributed by atoms with Gasteiger partial charge < -0.3 is 10.4 Å². The molecule has 0 fully saturated rings. The number of hydrogen-bond donors (Lipinski definition) is 2. The molecule has 0 saturated carbocycles. The fourth-order valence-corrected chi connectivity index (χ4v) is 2.76. The van der Waals surface area contributed by atoms with E-state index in [-0.39, 0.29) is 0 Å². The predicted octanol–water partition coefficient (Wildman–Crippen LogP) is 3.61. The zero-order valence-electron chi connectivity index (χ0n) is 10.7. The molecule has 2 aromatic carbocycles. The summed E-state index contributed by atoms with van der Waals surface area (Å²) in [4.78, 5) is 23.7. The number of aliphatic carboxylic acids is 1. The Morgan fingerprint density at radius 1 is 1.14 bits per heavy atom. The second-order valence-corrected chi connectivity index (χ2v) is 6.36. The topological polar surface area (TPSA) is 66.4 Å². The van der Waals surface area contributed by atoms with Gasteiger partial charge in [0.15, 0.2) is 6.04 Å². The highest BCUT2D eigenvalue weighted by Crippen LogP contribution is 2.20. The summed E-state index contributed by atoms with van der Waals surface area (Å²) in [7, 11) is 0. The van der Waals surface area contributed by atoms with Crippen LogP contribution in [0.5, 0.6) is 0 Å².